The Hall–Kier alpha value is -3.29. The molecule has 2 heterocycles. The van der Waals surface area contributed by atoms with Crippen molar-refractivity contribution in [2.24, 2.45) is 0 Å². The highest BCUT2D eigenvalue weighted by Crippen LogP contribution is 2.27. The minimum Gasteiger partial charge on any atom is -0.324 e. The number of fused-ring (bicyclic) bond motifs is 3. The number of benzene rings is 2. The summed E-state index contributed by atoms with van der Waals surface area (Å²) in [6.45, 7) is 2.63. The van der Waals surface area contributed by atoms with Crippen LogP contribution in [0.2, 0.25) is 0 Å². The molecule has 0 unspecified atom stereocenters. The van der Waals surface area contributed by atoms with E-state index in [4.69, 9.17) is 5.26 Å². The molecule has 0 aliphatic rings. The number of unbranched alkanes of at least 4 members (excludes halogenated alkanes) is 1. The van der Waals surface area contributed by atoms with Crippen LogP contribution in [0.5, 0.6) is 0 Å². The monoisotopic (exact) mass is 478 g/mol. The predicted molar refractivity (Wildman–Crippen MR) is 132 cm³/mol. The van der Waals surface area contributed by atoms with Crippen LogP contribution in [0.3, 0.4) is 0 Å². The molecule has 10 heteroatoms. The van der Waals surface area contributed by atoms with Gasteiger partial charge in [-0.3, -0.25) is 18.6 Å². The largest absolute Gasteiger partial charge is 0.324 e. The molecule has 33 heavy (non-hydrogen) atoms. The van der Waals surface area contributed by atoms with Crippen molar-refractivity contribution in [3.8, 4) is 6.07 Å². The van der Waals surface area contributed by atoms with Gasteiger partial charge in [0.1, 0.15) is 0 Å². The van der Waals surface area contributed by atoms with Gasteiger partial charge in [-0.05, 0) is 30.7 Å². The molecule has 1 amide bonds. The van der Waals surface area contributed by atoms with Crippen molar-refractivity contribution in [3.05, 3.63) is 58.9 Å². The Morgan fingerprint density at radius 1 is 1.12 bits per heavy atom. The number of aryl methyl sites for hydroxylation is 1. The van der Waals surface area contributed by atoms with Crippen LogP contribution < -0.4 is 10.9 Å². The summed E-state index contributed by atoms with van der Waals surface area (Å²) >= 11 is 2.64. The van der Waals surface area contributed by atoms with E-state index < -0.39 is 0 Å². The first kappa shape index (κ1) is 22.9. The summed E-state index contributed by atoms with van der Waals surface area (Å²) in [6.07, 6.45) is 1.81. The number of aromatic nitrogens is 4. The number of anilines is 1. The van der Waals surface area contributed by atoms with Gasteiger partial charge in [0.25, 0.3) is 5.56 Å². The van der Waals surface area contributed by atoms with E-state index in [1.165, 1.54) is 23.5 Å². The third-order valence-electron chi connectivity index (χ3n) is 5.00. The van der Waals surface area contributed by atoms with Crippen molar-refractivity contribution >= 4 is 51.8 Å². The van der Waals surface area contributed by atoms with E-state index in [1.54, 1.807) is 10.6 Å². The summed E-state index contributed by atoms with van der Waals surface area (Å²) in [5, 5.41) is 21.5. The van der Waals surface area contributed by atoms with Crippen LogP contribution in [0, 0.1) is 11.3 Å². The predicted octanol–water partition coefficient (Wildman–Crippen LogP) is 4.19. The fraction of sp³-hybridized carbons (Fsp3) is 0.261. The van der Waals surface area contributed by atoms with E-state index in [1.807, 2.05) is 46.9 Å². The maximum Gasteiger partial charge on any atom is 0.262 e. The summed E-state index contributed by atoms with van der Waals surface area (Å²) < 4.78 is 3.51. The maximum absolute atomic E-state index is 13.0. The number of nitrogens with one attached hydrogen (secondary N) is 1. The van der Waals surface area contributed by atoms with E-state index >= 15 is 0 Å². The molecule has 0 aliphatic carbocycles. The quantitative estimate of drug-likeness (QED) is 0.360. The highest BCUT2D eigenvalue weighted by Gasteiger charge is 2.17. The van der Waals surface area contributed by atoms with Crippen LogP contribution >= 0.6 is 23.5 Å². The lowest BCUT2D eigenvalue weighted by Crippen LogP contribution is -2.23. The Balaban J connectivity index is 1.60. The molecule has 0 bridgehead atoms. The van der Waals surface area contributed by atoms with Crippen LogP contribution in [-0.2, 0) is 11.3 Å². The smallest absolute Gasteiger partial charge is 0.262 e. The molecular weight excluding hydrogens is 456 g/mol. The fourth-order valence-electron chi connectivity index (χ4n) is 3.47. The molecule has 0 atom stereocenters. The molecule has 8 nitrogen and oxygen atoms in total. The Kier molecular flexibility index (Phi) is 7.32. The first-order valence-corrected chi connectivity index (χ1v) is 12.5. The van der Waals surface area contributed by atoms with E-state index in [2.05, 4.69) is 28.5 Å². The van der Waals surface area contributed by atoms with Crippen LogP contribution in [-0.4, -0.2) is 36.6 Å². The third kappa shape index (κ3) is 4.89. The number of para-hydroxylation sites is 2. The van der Waals surface area contributed by atoms with Gasteiger partial charge in [0.15, 0.2) is 5.16 Å². The van der Waals surface area contributed by atoms with Gasteiger partial charge in [0.05, 0.1) is 34.2 Å². The molecule has 0 saturated heterocycles. The molecular formula is C23H22N6O2S2. The fourth-order valence-corrected chi connectivity index (χ4v) is 4.88. The van der Waals surface area contributed by atoms with E-state index in [0.29, 0.717) is 34.3 Å². The van der Waals surface area contributed by atoms with Gasteiger partial charge in [-0.15, -0.1) is 22.0 Å². The Morgan fingerprint density at radius 2 is 1.91 bits per heavy atom. The molecule has 2 aromatic heterocycles. The minimum absolute atomic E-state index is 0.0836. The first-order chi connectivity index (χ1) is 16.1. The number of thioether (sulfide) groups is 2. The van der Waals surface area contributed by atoms with Gasteiger partial charge in [-0.2, -0.15) is 5.26 Å². The number of nitriles is 1. The number of rotatable bonds is 9. The van der Waals surface area contributed by atoms with Crippen molar-refractivity contribution in [3.63, 3.8) is 0 Å². The zero-order valence-electron chi connectivity index (χ0n) is 18.0. The highest BCUT2D eigenvalue weighted by atomic mass is 32.2. The van der Waals surface area contributed by atoms with Gasteiger partial charge in [0.2, 0.25) is 11.7 Å². The van der Waals surface area contributed by atoms with Crippen molar-refractivity contribution < 1.29 is 4.79 Å². The van der Waals surface area contributed by atoms with Crippen LogP contribution in [0.25, 0.3) is 16.7 Å². The molecule has 2 aromatic carbocycles. The zero-order chi connectivity index (χ0) is 23.2. The molecule has 4 rings (SSSR count). The topological polar surface area (TPSA) is 105 Å². The van der Waals surface area contributed by atoms with Crippen molar-refractivity contribution in [2.45, 2.75) is 36.4 Å². The summed E-state index contributed by atoms with van der Waals surface area (Å²) in [7, 11) is 0. The molecule has 0 radical (unpaired) electrons. The molecule has 0 spiro atoms. The Morgan fingerprint density at radius 3 is 2.73 bits per heavy atom. The van der Waals surface area contributed by atoms with Gasteiger partial charge in [0, 0.05) is 11.4 Å². The number of hydrogen-bond acceptors (Lipinski definition) is 7. The van der Waals surface area contributed by atoms with Crippen molar-refractivity contribution in [1.82, 2.24) is 19.2 Å². The second kappa shape index (κ2) is 10.6. The summed E-state index contributed by atoms with van der Waals surface area (Å²) in [5.74, 6) is 0.722. The van der Waals surface area contributed by atoms with E-state index in [0.717, 1.165) is 23.3 Å². The maximum atomic E-state index is 13.0. The minimum atomic E-state index is -0.189. The average Bonchev–Trinajstić information content (AvgIpc) is 3.26. The lowest BCUT2D eigenvalue weighted by molar-refractivity contribution is -0.113. The Labute approximate surface area is 199 Å². The molecule has 0 saturated carbocycles. The SMILES string of the molecule is CCCCn1c(=O)c2ccccc2n2c(SCC(=O)Nc3ccccc3SCC#N)nnc12. The lowest BCUT2D eigenvalue weighted by atomic mass is 10.2. The highest BCUT2D eigenvalue weighted by molar-refractivity contribution is 8.00. The molecule has 4 aromatic rings. The average molecular weight is 479 g/mol. The molecule has 168 valence electrons. The number of nitrogens with zero attached hydrogens (tertiary/aromatic N) is 5. The van der Waals surface area contributed by atoms with E-state index in [-0.39, 0.29) is 17.2 Å². The lowest BCUT2D eigenvalue weighted by Gasteiger charge is -2.11. The first-order valence-electron chi connectivity index (χ1n) is 10.5. The summed E-state index contributed by atoms with van der Waals surface area (Å²) in [6, 6.07) is 16.9. The van der Waals surface area contributed by atoms with E-state index in [9.17, 15) is 9.59 Å². The van der Waals surface area contributed by atoms with Crippen molar-refractivity contribution in [2.75, 3.05) is 16.8 Å². The standard InChI is InChI=1S/C23H22N6O2S2/c1-2-3-13-28-21(31)16-8-4-6-10-18(16)29-22(28)26-27-23(29)33-15-20(30)25-17-9-5-7-11-19(17)32-14-12-24/h4-11H,2-3,13-15H2,1H3,(H,25,30). The van der Waals surface area contributed by atoms with Crippen LogP contribution in [0.4, 0.5) is 5.69 Å². The summed E-state index contributed by atoms with van der Waals surface area (Å²) in [4.78, 5) is 26.5. The number of amides is 1. The molecule has 1 N–H and O–H groups in total. The van der Waals surface area contributed by atoms with Gasteiger partial charge in [-0.25, -0.2) is 0 Å². The number of carbonyl (C=O) groups excluding carboxylic acids is 1. The second-order valence-electron chi connectivity index (χ2n) is 7.23. The number of hydrogen-bond donors (Lipinski definition) is 1. The van der Waals surface area contributed by atoms with Gasteiger partial charge in [-0.1, -0.05) is 49.4 Å². The van der Waals surface area contributed by atoms with Gasteiger partial charge < -0.3 is 5.32 Å². The normalized spacial score (nSPS) is 11.0. The Bertz CT molecular complexity index is 1410. The summed E-state index contributed by atoms with van der Waals surface area (Å²) in [5.41, 5.74) is 1.31. The van der Waals surface area contributed by atoms with Gasteiger partial charge >= 0.3 is 0 Å². The van der Waals surface area contributed by atoms with Crippen molar-refractivity contribution in [1.29, 1.82) is 5.26 Å². The zero-order valence-corrected chi connectivity index (χ0v) is 19.7. The molecule has 0 fully saturated rings. The van der Waals surface area contributed by atoms with Crippen LogP contribution in [0.1, 0.15) is 19.8 Å². The second-order valence-corrected chi connectivity index (χ2v) is 9.18. The van der Waals surface area contributed by atoms with Crippen LogP contribution in [0.15, 0.2) is 63.4 Å². The number of carbonyl (C=O) groups is 1. The molecule has 0 aliphatic heterocycles. The third-order valence-corrected chi connectivity index (χ3v) is 6.87.